The fraction of sp³-hybridized carbons (Fsp3) is 0.467. The second-order valence-corrected chi connectivity index (χ2v) is 5.77. The Morgan fingerprint density at radius 2 is 2.24 bits per heavy atom. The third kappa shape index (κ3) is 2.71. The number of carbonyl (C=O) groups excluding carboxylic acids is 2. The predicted molar refractivity (Wildman–Crippen MR) is 77.4 cm³/mol. The molecule has 1 aromatic rings. The van der Waals surface area contributed by atoms with Crippen LogP contribution in [-0.2, 0) is 14.3 Å². The molecule has 0 unspecified atom stereocenters. The summed E-state index contributed by atoms with van der Waals surface area (Å²) < 4.78 is 11.0. The first-order valence-corrected chi connectivity index (χ1v) is 7.03. The van der Waals surface area contributed by atoms with Gasteiger partial charge < -0.3 is 20.1 Å². The highest BCUT2D eigenvalue weighted by molar-refractivity contribution is 6.01. The lowest BCUT2D eigenvalue weighted by Gasteiger charge is -2.31. The van der Waals surface area contributed by atoms with Crippen molar-refractivity contribution in [2.75, 3.05) is 17.2 Å². The molecule has 0 saturated carbocycles. The number of hydrogen-bond acceptors (Lipinski definition) is 4. The average molecular weight is 290 g/mol. The van der Waals surface area contributed by atoms with Crippen molar-refractivity contribution in [3.05, 3.63) is 18.2 Å². The van der Waals surface area contributed by atoms with E-state index >= 15 is 0 Å². The Morgan fingerprint density at radius 3 is 2.95 bits per heavy atom. The zero-order valence-corrected chi connectivity index (χ0v) is 12.1. The maximum absolute atomic E-state index is 12.0. The Kier molecular flexibility index (Phi) is 3.33. The minimum atomic E-state index is -0.926. The molecule has 1 atom stereocenters. The molecular formula is C15H18N2O4. The van der Waals surface area contributed by atoms with Gasteiger partial charge in [0.15, 0.2) is 5.60 Å². The highest BCUT2D eigenvalue weighted by atomic mass is 16.5. The number of fused-ring (bicyclic) bond motifs is 1. The Labute approximate surface area is 122 Å². The lowest BCUT2D eigenvalue weighted by Crippen LogP contribution is -2.45. The third-order valence-electron chi connectivity index (χ3n) is 3.63. The summed E-state index contributed by atoms with van der Waals surface area (Å²) in [5.41, 5.74) is 0.306. The molecule has 2 aliphatic rings. The van der Waals surface area contributed by atoms with Gasteiger partial charge >= 0.3 is 0 Å². The summed E-state index contributed by atoms with van der Waals surface area (Å²) in [5.74, 6) is 0.211. The van der Waals surface area contributed by atoms with Crippen LogP contribution in [0.1, 0.15) is 26.7 Å². The van der Waals surface area contributed by atoms with E-state index in [0.717, 1.165) is 12.8 Å². The van der Waals surface area contributed by atoms with E-state index in [-0.39, 0.29) is 17.9 Å². The summed E-state index contributed by atoms with van der Waals surface area (Å²) in [7, 11) is 0. The lowest BCUT2D eigenvalue weighted by molar-refractivity contribution is -0.129. The van der Waals surface area contributed by atoms with Crippen molar-refractivity contribution >= 4 is 23.2 Å². The van der Waals surface area contributed by atoms with Crippen molar-refractivity contribution in [1.82, 2.24) is 0 Å². The minimum Gasteiger partial charge on any atom is -0.476 e. The summed E-state index contributed by atoms with van der Waals surface area (Å²) in [4.78, 5) is 23.8. The Bertz CT molecular complexity index is 591. The molecule has 3 rings (SSSR count). The molecule has 0 aromatic heterocycles. The van der Waals surface area contributed by atoms with E-state index < -0.39 is 5.60 Å². The summed E-state index contributed by atoms with van der Waals surface area (Å²) in [5, 5.41) is 5.60. The number of ether oxygens (including phenoxy) is 2. The van der Waals surface area contributed by atoms with Gasteiger partial charge in [-0.15, -0.1) is 0 Å². The summed E-state index contributed by atoms with van der Waals surface area (Å²) in [6.07, 6.45) is 1.28. The van der Waals surface area contributed by atoms with Gasteiger partial charge in [-0.2, -0.15) is 0 Å². The van der Waals surface area contributed by atoms with Crippen LogP contribution >= 0.6 is 0 Å². The SMILES string of the molecule is CC1(C)Oc2cc(NC(=O)[C@H]3CCCO3)ccc2NC1=O. The van der Waals surface area contributed by atoms with Gasteiger partial charge in [0, 0.05) is 18.4 Å². The molecule has 1 saturated heterocycles. The molecular weight excluding hydrogens is 272 g/mol. The van der Waals surface area contributed by atoms with Gasteiger partial charge in [0.2, 0.25) is 0 Å². The largest absolute Gasteiger partial charge is 0.476 e. The Hall–Kier alpha value is -2.08. The quantitative estimate of drug-likeness (QED) is 0.872. The third-order valence-corrected chi connectivity index (χ3v) is 3.63. The average Bonchev–Trinajstić information content (AvgIpc) is 2.94. The molecule has 6 nitrogen and oxygen atoms in total. The smallest absolute Gasteiger partial charge is 0.268 e. The second kappa shape index (κ2) is 5.04. The van der Waals surface area contributed by atoms with Gasteiger partial charge in [0.05, 0.1) is 5.69 Å². The fourth-order valence-corrected chi connectivity index (χ4v) is 2.39. The van der Waals surface area contributed by atoms with Crippen molar-refractivity contribution in [2.24, 2.45) is 0 Å². The Balaban J connectivity index is 1.77. The van der Waals surface area contributed by atoms with Crippen LogP contribution < -0.4 is 15.4 Å². The van der Waals surface area contributed by atoms with Gasteiger partial charge in [-0.25, -0.2) is 0 Å². The number of amides is 2. The van der Waals surface area contributed by atoms with E-state index in [9.17, 15) is 9.59 Å². The maximum Gasteiger partial charge on any atom is 0.268 e. The van der Waals surface area contributed by atoms with Crippen LogP contribution in [0.5, 0.6) is 5.75 Å². The van der Waals surface area contributed by atoms with Crippen LogP contribution in [0, 0.1) is 0 Å². The van der Waals surface area contributed by atoms with Crippen LogP contribution in [0.4, 0.5) is 11.4 Å². The molecule has 0 radical (unpaired) electrons. The van der Waals surface area contributed by atoms with Gasteiger partial charge in [-0.1, -0.05) is 0 Å². The second-order valence-electron chi connectivity index (χ2n) is 5.77. The zero-order valence-electron chi connectivity index (χ0n) is 12.1. The van der Waals surface area contributed by atoms with Crippen LogP contribution in [0.2, 0.25) is 0 Å². The van der Waals surface area contributed by atoms with Crippen molar-refractivity contribution < 1.29 is 19.1 Å². The zero-order chi connectivity index (χ0) is 15.0. The highest BCUT2D eigenvalue weighted by Gasteiger charge is 2.35. The lowest BCUT2D eigenvalue weighted by atomic mass is 10.1. The van der Waals surface area contributed by atoms with Gasteiger partial charge in [0.25, 0.3) is 11.8 Å². The normalized spacial score (nSPS) is 23.0. The van der Waals surface area contributed by atoms with Crippen molar-refractivity contribution in [2.45, 2.75) is 38.4 Å². The first kappa shape index (κ1) is 13.9. The van der Waals surface area contributed by atoms with Crippen LogP contribution in [0.25, 0.3) is 0 Å². The van der Waals surface area contributed by atoms with Crippen LogP contribution in [-0.4, -0.2) is 30.1 Å². The number of benzene rings is 1. The van der Waals surface area contributed by atoms with E-state index in [1.165, 1.54) is 0 Å². The molecule has 0 spiro atoms. The molecule has 2 aliphatic heterocycles. The molecule has 21 heavy (non-hydrogen) atoms. The van der Waals surface area contributed by atoms with Crippen LogP contribution in [0.3, 0.4) is 0 Å². The molecule has 1 aromatic carbocycles. The predicted octanol–water partition coefficient (Wildman–Crippen LogP) is 1.91. The number of nitrogens with one attached hydrogen (secondary N) is 2. The standard InChI is InChI=1S/C15H18N2O4/c1-15(2)14(19)17-10-6-5-9(8-12(10)21-15)16-13(18)11-4-3-7-20-11/h5-6,8,11H,3-4,7H2,1-2H3,(H,16,18)(H,17,19)/t11-/m1/s1. The number of anilines is 2. The first-order chi connectivity index (χ1) is 9.95. The van der Waals surface area contributed by atoms with Gasteiger partial charge in [-0.05, 0) is 38.8 Å². The summed E-state index contributed by atoms with van der Waals surface area (Å²) in [6, 6.07) is 5.16. The number of rotatable bonds is 2. The number of hydrogen-bond donors (Lipinski definition) is 2. The monoisotopic (exact) mass is 290 g/mol. The Morgan fingerprint density at radius 1 is 1.43 bits per heavy atom. The molecule has 1 fully saturated rings. The molecule has 0 bridgehead atoms. The molecule has 0 aliphatic carbocycles. The molecule has 112 valence electrons. The minimum absolute atomic E-state index is 0.147. The summed E-state index contributed by atoms with van der Waals surface area (Å²) >= 11 is 0. The topological polar surface area (TPSA) is 76.7 Å². The van der Waals surface area contributed by atoms with E-state index in [1.807, 2.05) is 0 Å². The van der Waals surface area contributed by atoms with E-state index in [0.29, 0.717) is 23.7 Å². The molecule has 2 amide bonds. The number of carbonyl (C=O) groups is 2. The van der Waals surface area contributed by atoms with Crippen LogP contribution in [0.15, 0.2) is 18.2 Å². The highest BCUT2D eigenvalue weighted by Crippen LogP contribution is 2.35. The maximum atomic E-state index is 12.0. The molecule has 2 N–H and O–H groups in total. The summed E-state index contributed by atoms with van der Waals surface area (Å²) in [6.45, 7) is 4.03. The van der Waals surface area contributed by atoms with Gasteiger partial charge in [0.1, 0.15) is 11.9 Å². The van der Waals surface area contributed by atoms with E-state index in [4.69, 9.17) is 9.47 Å². The molecule has 6 heteroatoms. The molecule has 2 heterocycles. The van der Waals surface area contributed by atoms with Crippen molar-refractivity contribution in [3.63, 3.8) is 0 Å². The van der Waals surface area contributed by atoms with Crippen molar-refractivity contribution in [3.8, 4) is 5.75 Å². The fourth-order valence-electron chi connectivity index (χ4n) is 2.39. The van der Waals surface area contributed by atoms with Gasteiger partial charge in [-0.3, -0.25) is 9.59 Å². The first-order valence-electron chi connectivity index (χ1n) is 7.03. The van der Waals surface area contributed by atoms with Crippen molar-refractivity contribution in [1.29, 1.82) is 0 Å². The van der Waals surface area contributed by atoms with E-state index in [1.54, 1.807) is 32.0 Å². The van der Waals surface area contributed by atoms with E-state index in [2.05, 4.69) is 10.6 Å².